The smallest absolute Gasteiger partial charge is 0.0397 e. The Morgan fingerprint density at radius 2 is 1.44 bits per heavy atom. The van der Waals surface area contributed by atoms with Crippen LogP contribution in [0.5, 0.6) is 0 Å². The Kier molecular flexibility index (Phi) is 2.50. The summed E-state index contributed by atoms with van der Waals surface area (Å²) < 4.78 is 0. The second-order valence-electron chi connectivity index (χ2n) is 4.59. The lowest BCUT2D eigenvalue weighted by atomic mass is 10.0. The Bertz CT molecular complexity index is 542. The summed E-state index contributed by atoms with van der Waals surface area (Å²) in [4.78, 5) is 2.14. The van der Waals surface area contributed by atoms with E-state index in [4.69, 9.17) is 5.73 Å². The van der Waals surface area contributed by atoms with E-state index in [9.17, 15) is 0 Å². The molecule has 0 aliphatic heterocycles. The molecule has 0 spiro atoms. The Morgan fingerprint density at radius 1 is 0.875 bits per heavy atom. The van der Waals surface area contributed by atoms with Crippen LogP contribution in [0.15, 0.2) is 24.3 Å². The molecule has 2 aromatic carbocycles. The van der Waals surface area contributed by atoms with Gasteiger partial charge in [-0.1, -0.05) is 0 Å². The minimum absolute atomic E-state index is 0.865. The van der Waals surface area contributed by atoms with E-state index in [2.05, 4.69) is 50.2 Å². The Labute approximate surface area is 96.7 Å². The lowest BCUT2D eigenvalue weighted by Crippen LogP contribution is -2.10. The van der Waals surface area contributed by atoms with Crippen LogP contribution in [-0.2, 0) is 0 Å². The molecule has 0 heterocycles. The first-order chi connectivity index (χ1) is 7.49. The van der Waals surface area contributed by atoms with Gasteiger partial charge in [0.25, 0.3) is 0 Å². The maximum absolute atomic E-state index is 5.92. The molecule has 0 saturated carbocycles. The van der Waals surface area contributed by atoms with Crippen LogP contribution in [0.3, 0.4) is 0 Å². The highest BCUT2D eigenvalue weighted by atomic mass is 15.1. The summed E-state index contributed by atoms with van der Waals surface area (Å²) in [5.74, 6) is 0. The largest absolute Gasteiger partial charge is 0.398 e. The zero-order valence-corrected chi connectivity index (χ0v) is 10.3. The van der Waals surface area contributed by atoms with Gasteiger partial charge in [-0.2, -0.15) is 0 Å². The molecule has 2 N–H and O–H groups in total. The van der Waals surface area contributed by atoms with Crippen LogP contribution in [0.4, 0.5) is 11.4 Å². The number of aryl methyl sites for hydroxylation is 2. The standard InChI is InChI=1S/C14H18N2/c1-9-5-12-8-14(16(3)4)10(2)6-11(12)7-13(9)15/h5-8H,15H2,1-4H3. The van der Waals surface area contributed by atoms with E-state index in [1.165, 1.54) is 22.0 Å². The van der Waals surface area contributed by atoms with Crippen LogP contribution in [0.1, 0.15) is 11.1 Å². The highest BCUT2D eigenvalue weighted by Crippen LogP contribution is 2.28. The fourth-order valence-corrected chi connectivity index (χ4v) is 2.06. The highest BCUT2D eigenvalue weighted by molar-refractivity contribution is 5.90. The van der Waals surface area contributed by atoms with Crippen molar-refractivity contribution in [2.75, 3.05) is 24.7 Å². The minimum Gasteiger partial charge on any atom is -0.398 e. The van der Waals surface area contributed by atoms with E-state index in [1.54, 1.807) is 0 Å². The van der Waals surface area contributed by atoms with Crippen LogP contribution in [0, 0.1) is 13.8 Å². The predicted molar refractivity (Wildman–Crippen MR) is 72.2 cm³/mol. The number of benzene rings is 2. The maximum atomic E-state index is 5.92. The lowest BCUT2D eigenvalue weighted by molar-refractivity contribution is 1.12. The summed E-state index contributed by atoms with van der Waals surface area (Å²) in [7, 11) is 4.14. The monoisotopic (exact) mass is 214 g/mol. The van der Waals surface area contributed by atoms with Crippen LogP contribution < -0.4 is 10.6 Å². The van der Waals surface area contributed by atoms with Gasteiger partial charge in [0.15, 0.2) is 0 Å². The van der Waals surface area contributed by atoms with Crippen molar-refractivity contribution in [2.45, 2.75) is 13.8 Å². The molecular weight excluding hydrogens is 196 g/mol. The second kappa shape index (κ2) is 3.71. The predicted octanol–water partition coefficient (Wildman–Crippen LogP) is 3.10. The average molecular weight is 214 g/mol. The number of anilines is 2. The fourth-order valence-electron chi connectivity index (χ4n) is 2.06. The van der Waals surface area contributed by atoms with Crippen LogP contribution in [0.2, 0.25) is 0 Å². The fraction of sp³-hybridized carbons (Fsp3) is 0.286. The SMILES string of the molecule is Cc1cc2cc(N(C)C)c(C)cc2cc1N. The third kappa shape index (κ3) is 1.71. The Balaban J connectivity index is 2.74. The number of fused-ring (bicyclic) bond motifs is 1. The number of nitrogens with zero attached hydrogens (tertiary/aromatic N) is 1. The molecule has 2 heteroatoms. The molecule has 0 fully saturated rings. The van der Waals surface area contributed by atoms with Crippen molar-refractivity contribution < 1.29 is 0 Å². The summed E-state index contributed by atoms with van der Waals surface area (Å²) in [5.41, 5.74) is 10.5. The number of nitrogen functional groups attached to an aromatic ring is 1. The first kappa shape index (κ1) is 10.8. The molecule has 0 radical (unpaired) electrons. The lowest BCUT2D eigenvalue weighted by Gasteiger charge is -2.17. The zero-order chi connectivity index (χ0) is 11.9. The molecule has 16 heavy (non-hydrogen) atoms. The zero-order valence-electron chi connectivity index (χ0n) is 10.3. The van der Waals surface area contributed by atoms with Gasteiger partial charge in [-0.3, -0.25) is 0 Å². The van der Waals surface area contributed by atoms with Gasteiger partial charge in [-0.05, 0) is 60.0 Å². The molecule has 2 aromatic rings. The van der Waals surface area contributed by atoms with Gasteiger partial charge in [-0.15, -0.1) is 0 Å². The van der Waals surface area contributed by atoms with Gasteiger partial charge in [0.2, 0.25) is 0 Å². The van der Waals surface area contributed by atoms with Gasteiger partial charge >= 0.3 is 0 Å². The average Bonchev–Trinajstić information content (AvgIpc) is 2.19. The molecule has 2 nitrogen and oxygen atoms in total. The van der Waals surface area contributed by atoms with Crippen LogP contribution in [0.25, 0.3) is 10.8 Å². The van der Waals surface area contributed by atoms with Gasteiger partial charge < -0.3 is 10.6 Å². The first-order valence-electron chi connectivity index (χ1n) is 5.47. The molecule has 0 aromatic heterocycles. The third-order valence-electron chi connectivity index (χ3n) is 3.02. The van der Waals surface area contributed by atoms with E-state index in [1.807, 2.05) is 6.92 Å². The van der Waals surface area contributed by atoms with E-state index >= 15 is 0 Å². The van der Waals surface area contributed by atoms with Gasteiger partial charge in [0.1, 0.15) is 0 Å². The summed E-state index contributed by atoms with van der Waals surface area (Å²) in [6.45, 7) is 4.18. The van der Waals surface area contributed by atoms with Crippen molar-refractivity contribution in [3.05, 3.63) is 35.4 Å². The third-order valence-corrected chi connectivity index (χ3v) is 3.02. The maximum Gasteiger partial charge on any atom is 0.0397 e. The molecule has 84 valence electrons. The van der Waals surface area contributed by atoms with Crippen LogP contribution in [-0.4, -0.2) is 14.1 Å². The topological polar surface area (TPSA) is 29.3 Å². The van der Waals surface area contributed by atoms with Gasteiger partial charge in [0.05, 0.1) is 0 Å². The van der Waals surface area contributed by atoms with Crippen molar-refractivity contribution in [1.82, 2.24) is 0 Å². The van der Waals surface area contributed by atoms with E-state index < -0.39 is 0 Å². The molecular formula is C14H18N2. The van der Waals surface area contributed by atoms with Crippen LogP contribution >= 0.6 is 0 Å². The highest BCUT2D eigenvalue weighted by Gasteiger charge is 2.05. The Hall–Kier alpha value is -1.70. The van der Waals surface area contributed by atoms with Gasteiger partial charge in [-0.25, -0.2) is 0 Å². The molecule has 0 aliphatic rings. The second-order valence-corrected chi connectivity index (χ2v) is 4.59. The quantitative estimate of drug-likeness (QED) is 0.739. The number of rotatable bonds is 1. The van der Waals surface area contributed by atoms with Crippen molar-refractivity contribution in [2.24, 2.45) is 0 Å². The van der Waals surface area contributed by atoms with Crippen molar-refractivity contribution in [1.29, 1.82) is 0 Å². The van der Waals surface area contributed by atoms with Crippen molar-refractivity contribution >= 4 is 22.1 Å². The van der Waals surface area contributed by atoms with Crippen molar-refractivity contribution in [3.63, 3.8) is 0 Å². The summed E-state index contributed by atoms with van der Waals surface area (Å²) in [5, 5.41) is 2.47. The molecule has 0 aliphatic carbocycles. The number of hydrogen-bond acceptors (Lipinski definition) is 2. The number of nitrogens with two attached hydrogens (primary N) is 1. The summed E-state index contributed by atoms with van der Waals surface area (Å²) in [6.07, 6.45) is 0. The van der Waals surface area contributed by atoms with Gasteiger partial charge in [0, 0.05) is 25.5 Å². The molecule has 0 bridgehead atoms. The number of hydrogen-bond donors (Lipinski definition) is 1. The van der Waals surface area contributed by atoms with E-state index in [-0.39, 0.29) is 0 Å². The van der Waals surface area contributed by atoms with E-state index in [0.717, 1.165) is 11.3 Å². The molecule has 0 atom stereocenters. The Morgan fingerprint density at radius 3 is 2.06 bits per heavy atom. The molecule has 2 rings (SSSR count). The molecule has 0 amide bonds. The summed E-state index contributed by atoms with van der Waals surface area (Å²) >= 11 is 0. The van der Waals surface area contributed by atoms with Crippen molar-refractivity contribution in [3.8, 4) is 0 Å². The molecule has 0 saturated heterocycles. The minimum atomic E-state index is 0.865. The first-order valence-corrected chi connectivity index (χ1v) is 5.47. The molecule has 0 unspecified atom stereocenters. The normalized spacial score (nSPS) is 10.8. The summed E-state index contributed by atoms with van der Waals surface area (Å²) in [6, 6.07) is 8.62. The van der Waals surface area contributed by atoms with E-state index in [0.29, 0.717) is 0 Å².